The number of carboxylic acids is 1. The highest BCUT2D eigenvalue weighted by Crippen LogP contribution is 1.89. The van der Waals surface area contributed by atoms with Gasteiger partial charge >= 0.3 is 5.96 Å². The summed E-state index contributed by atoms with van der Waals surface area (Å²) in [5, 5.41) is 19.4. The summed E-state index contributed by atoms with van der Waals surface area (Å²) in [6, 6.07) is -0.934. The number of hydrogen-bond donors (Lipinski definition) is 5. The van der Waals surface area contributed by atoms with Gasteiger partial charge in [0.05, 0.1) is 18.6 Å². The highest BCUT2D eigenvalue weighted by molar-refractivity contribution is 5.69. The Morgan fingerprint density at radius 1 is 1.62 bits per heavy atom. The number of carboxylic acid groups (broad SMARTS) is 1. The summed E-state index contributed by atoms with van der Waals surface area (Å²) in [5.74, 6) is -1.31. The molecule has 0 spiro atoms. The molecule has 7 heteroatoms. The van der Waals surface area contributed by atoms with Crippen LogP contribution in [0.1, 0.15) is 6.42 Å². The van der Waals surface area contributed by atoms with Crippen molar-refractivity contribution in [2.75, 3.05) is 6.54 Å². The number of rotatable bonds is 5. The molecule has 76 valence electrons. The van der Waals surface area contributed by atoms with Crippen LogP contribution in [0, 0.1) is 0 Å². The zero-order chi connectivity index (χ0) is 10.4. The van der Waals surface area contributed by atoms with E-state index >= 15 is 0 Å². The van der Waals surface area contributed by atoms with E-state index in [1.807, 2.05) is 0 Å². The van der Waals surface area contributed by atoms with Crippen molar-refractivity contribution in [2.45, 2.75) is 18.6 Å². The molecule has 0 saturated heterocycles. The van der Waals surface area contributed by atoms with Gasteiger partial charge in [0, 0.05) is 6.42 Å². The number of quaternary nitrogens is 1. The van der Waals surface area contributed by atoms with E-state index in [1.165, 1.54) is 0 Å². The van der Waals surface area contributed by atoms with Gasteiger partial charge in [-0.1, -0.05) is 0 Å². The molecule has 0 amide bonds. The highest BCUT2D eigenvalue weighted by atomic mass is 16.4. The number of nitrogens with one attached hydrogen (secondary N) is 1. The van der Waals surface area contributed by atoms with Crippen molar-refractivity contribution < 1.29 is 25.7 Å². The Kier molecular flexibility index (Phi) is 4.78. The minimum Gasteiger partial charge on any atom is -0.544 e. The number of carbonyl (C=O) groups excluding carboxylic acids is 1. The minimum absolute atomic E-state index is 0.00259. The second-order valence-corrected chi connectivity index (χ2v) is 2.74. The third kappa shape index (κ3) is 5.88. The molecule has 0 aliphatic rings. The van der Waals surface area contributed by atoms with Crippen molar-refractivity contribution in [3.63, 3.8) is 0 Å². The first-order valence-electron chi connectivity index (χ1n) is 3.77. The normalized spacial score (nSPS) is 14.6. The molecular weight excluding hydrogens is 176 g/mol. The van der Waals surface area contributed by atoms with E-state index in [0.29, 0.717) is 0 Å². The standard InChI is InChI=1S/C6H14N4O3/c7-4(5(12)13)1-3(11)2-10-6(8)9/h3-4,11H,1-2,7H2,(H,12,13)(H4,8,9,10)/p+1/t3-,4-/m0/s1. The fourth-order valence-corrected chi connectivity index (χ4v) is 0.744. The van der Waals surface area contributed by atoms with E-state index in [1.54, 1.807) is 0 Å². The van der Waals surface area contributed by atoms with E-state index in [0.717, 1.165) is 0 Å². The van der Waals surface area contributed by atoms with Crippen molar-refractivity contribution in [2.24, 2.45) is 11.5 Å². The van der Waals surface area contributed by atoms with Crippen molar-refractivity contribution in [3.05, 3.63) is 0 Å². The van der Waals surface area contributed by atoms with E-state index in [4.69, 9.17) is 11.5 Å². The van der Waals surface area contributed by atoms with Crippen LogP contribution in [0.3, 0.4) is 0 Å². The van der Waals surface area contributed by atoms with Crippen LogP contribution in [-0.2, 0) is 4.79 Å². The molecule has 7 nitrogen and oxygen atoms in total. The average Bonchev–Trinajstić information content (AvgIpc) is 2.00. The molecule has 0 aliphatic heterocycles. The van der Waals surface area contributed by atoms with Gasteiger partial charge in [-0.3, -0.25) is 16.5 Å². The van der Waals surface area contributed by atoms with Gasteiger partial charge < -0.3 is 20.7 Å². The summed E-state index contributed by atoms with van der Waals surface area (Å²) in [4.78, 5) is 12.7. The lowest BCUT2D eigenvalue weighted by atomic mass is 10.1. The maximum absolute atomic E-state index is 10.2. The van der Waals surface area contributed by atoms with Gasteiger partial charge in [0.1, 0.15) is 6.04 Å². The third-order valence-electron chi connectivity index (χ3n) is 1.43. The third-order valence-corrected chi connectivity index (χ3v) is 1.43. The van der Waals surface area contributed by atoms with Crippen LogP contribution in [0.5, 0.6) is 0 Å². The van der Waals surface area contributed by atoms with E-state index in [-0.39, 0.29) is 18.9 Å². The second-order valence-electron chi connectivity index (χ2n) is 2.74. The number of hydrogen-bond acceptors (Lipinski definition) is 3. The van der Waals surface area contributed by atoms with Crippen molar-refractivity contribution >= 4 is 11.9 Å². The molecule has 0 unspecified atom stereocenters. The summed E-state index contributed by atoms with van der Waals surface area (Å²) in [7, 11) is 0. The zero-order valence-corrected chi connectivity index (χ0v) is 7.19. The summed E-state index contributed by atoms with van der Waals surface area (Å²) >= 11 is 0. The van der Waals surface area contributed by atoms with Gasteiger partial charge in [0.2, 0.25) is 0 Å². The summed E-state index contributed by atoms with van der Waals surface area (Å²) < 4.78 is 0. The Hall–Kier alpha value is -1.34. The lowest BCUT2D eigenvalue weighted by molar-refractivity contribution is -0.479. The smallest absolute Gasteiger partial charge is 0.338 e. The molecule has 0 bridgehead atoms. The van der Waals surface area contributed by atoms with Crippen LogP contribution in [-0.4, -0.2) is 35.7 Å². The predicted octanol–water partition coefficient (Wildman–Crippen LogP) is -6.55. The van der Waals surface area contributed by atoms with Gasteiger partial charge in [-0.05, 0) is 0 Å². The first kappa shape index (κ1) is 11.7. The number of aliphatic hydroxyl groups is 1. The molecule has 0 aliphatic carbocycles. The quantitative estimate of drug-likeness (QED) is 0.216. The molecule has 9 N–H and O–H groups in total. The van der Waals surface area contributed by atoms with Crippen molar-refractivity contribution in [1.29, 1.82) is 0 Å². The highest BCUT2D eigenvalue weighted by Gasteiger charge is 2.14. The molecule has 0 saturated carbocycles. The van der Waals surface area contributed by atoms with Gasteiger partial charge in [-0.25, -0.2) is 0 Å². The Labute approximate surface area is 75.2 Å². The zero-order valence-electron chi connectivity index (χ0n) is 7.19. The van der Waals surface area contributed by atoms with Gasteiger partial charge in [0.25, 0.3) is 0 Å². The second kappa shape index (κ2) is 5.33. The molecular formula is C6H15N4O3+. The lowest BCUT2D eigenvalue weighted by Gasteiger charge is -2.12. The van der Waals surface area contributed by atoms with Crippen LogP contribution in [0.4, 0.5) is 0 Å². The van der Waals surface area contributed by atoms with E-state index in [9.17, 15) is 15.0 Å². The predicted molar refractivity (Wildman–Crippen MR) is 41.5 cm³/mol. The lowest BCUT2D eigenvalue weighted by Crippen LogP contribution is -2.81. The van der Waals surface area contributed by atoms with E-state index in [2.05, 4.69) is 10.7 Å². The maximum atomic E-state index is 10.2. The summed E-state index contributed by atoms with van der Waals surface area (Å²) in [5.41, 5.74) is 13.4. The summed E-state index contributed by atoms with van der Waals surface area (Å²) in [6.07, 6.45) is -0.856. The van der Waals surface area contributed by atoms with Crippen LogP contribution >= 0.6 is 0 Å². The average molecular weight is 191 g/mol. The van der Waals surface area contributed by atoms with Gasteiger partial charge in [-0.15, -0.1) is 0 Å². The molecule has 0 radical (unpaired) electrons. The molecule has 2 atom stereocenters. The Balaban J connectivity index is 3.80. The van der Waals surface area contributed by atoms with Crippen molar-refractivity contribution in [3.8, 4) is 0 Å². The largest absolute Gasteiger partial charge is 0.544 e. The van der Waals surface area contributed by atoms with Gasteiger partial charge in [-0.2, -0.15) is 0 Å². The van der Waals surface area contributed by atoms with Gasteiger partial charge in [0.15, 0.2) is 0 Å². The molecule has 0 fully saturated rings. The topological polar surface area (TPSA) is 154 Å². The monoisotopic (exact) mass is 191 g/mol. The van der Waals surface area contributed by atoms with Crippen LogP contribution in [0.2, 0.25) is 0 Å². The Morgan fingerprint density at radius 3 is 2.54 bits per heavy atom. The van der Waals surface area contributed by atoms with Crippen LogP contribution < -0.4 is 27.3 Å². The fourth-order valence-electron chi connectivity index (χ4n) is 0.744. The molecule has 0 rings (SSSR count). The number of guanidine groups is 1. The van der Waals surface area contributed by atoms with Crippen LogP contribution in [0.15, 0.2) is 0 Å². The van der Waals surface area contributed by atoms with Crippen molar-refractivity contribution in [1.82, 2.24) is 0 Å². The number of aliphatic hydroxyl groups excluding tert-OH is 1. The molecule has 0 aromatic carbocycles. The number of nitrogens with two attached hydrogens (primary N) is 2. The Morgan fingerprint density at radius 2 is 2.15 bits per heavy atom. The summed E-state index contributed by atoms with van der Waals surface area (Å²) in [6.45, 7) is 0.0988. The first-order valence-corrected chi connectivity index (χ1v) is 3.77. The van der Waals surface area contributed by atoms with E-state index < -0.39 is 18.1 Å². The molecule has 0 aromatic heterocycles. The molecule has 0 heterocycles. The fraction of sp³-hybridized carbons (Fsp3) is 0.667. The Bertz CT molecular complexity index is 202. The van der Waals surface area contributed by atoms with Crippen LogP contribution in [0.25, 0.3) is 0 Å². The SMILES string of the molecule is NC(N)=[NH+]C[C@@H](O)C[C@H]([NH3+])C(=O)[O-]. The molecule has 0 aromatic rings. The minimum atomic E-state index is -1.29. The number of aliphatic carboxylic acids is 1. The first-order chi connectivity index (χ1) is 5.93. The maximum Gasteiger partial charge on any atom is 0.338 e. The number of carbonyl (C=O) groups is 1. The molecule has 13 heavy (non-hydrogen) atoms.